The predicted octanol–water partition coefficient (Wildman–Crippen LogP) is 0.517. The lowest BCUT2D eigenvalue weighted by Crippen LogP contribution is -3.06. The second kappa shape index (κ2) is 8.36. The van der Waals surface area contributed by atoms with Gasteiger partial charge >= 0.3 is 0 Å². The van der Waals surface area contributed by atoms with Crippen molar-refractivity contribution in [2.45, 2.75) is 32.9 Å². The molecule has 128 valence electrons. The van der Waals surface area contributed by atoms with Gasteiger partial charge in [0.1, 0.15) is 17.6 Å². The molecular weight excluding hydrogens is 310 g/mol. The standard InChI is InChI=1S/C17H27N3O2S/c1-5-21-15-9-13-8-12(2)22-16(13)10-14(15)11-19-17(23)18-6-7-20(3)4/h9-10,12H,5-8,11H2,1-4H3,(H2,18,19,23)/p+1/t12-/m0/s1. The third kappa shape index (κ3) is 5.25. The maximum atomic E-state index is 5.84. The summed E-state index contributed by atoms with van der Waals surface area (Å²) in [7, 11) is 4.25. The summed E-state index contributed by atoms with van der Waals surface area (Å²) in [4.78, 5) is 1.39. The van der Waals surface area contributed by atoms with Crippen LogP contribution in [0, 0.1) is 0 Å². The molecule has 1 aliphatic heterocycles. The summed E-state index contributed by atoms with van der Waals surface area (Å²) in [5.41, 5.74) is 2.29. The molecule has 1 aromatic carbocycles. The van der Waals surface area contributed by atoms with Crippen molar-refractivity contribution in [1.29, 1.82) is 0 Å². The minimum atomic E-state index is 0.235. The van der Waals surface area contributed by atoms with Crippen LogP contribution in [0.25, 0.3) is 0 Å². The van der Waals surface area contributed by atoms with Crippen molar-refractivity contribution in [2.24, 2.45) is 0 Å². The van der Waals surface area contributed by atoms with Crippen LogP contribution in [0.4, 0.5) is 0 Å². The molecule has 6 heteroatoms. The molecular formula is C17H28N3O2S+. The zero-order valence-corrected chi connectivity index (χ0v) is 15.3. The van der Waals surface area contributed by atoms with E-state index in [1.165, 1.54) is 10.5 Å². The largest absolute Gasteiger partial charge is 0.494 e. The molecule has 0 aromatic heterocycles. The van der Waals surface area contributed by atoms with Crippen LogP contribution in [0.5, 0.6) is 11.5 Å². The van der Waals surface area contributed by atoms with E-state index in [0.717, 1.165) is 36.6 Å². The van der Waals surface area contributed by atoms with E-state index in [4.69, 9.17) is 21.7 Å². The van der Waals surface area contributed by atoms with Gasteiger partial charge in [-0.1, -0.05) is 0 Å². The van der Waals surface area contributed by atoms with E-state index in [1.54, 1.807) is 0 Å². The number of fused-ring (bicyclic) bond motifs is 1. The fourth-order valence-electron chi connectivity index (χ4n) is 2.57. The van der Waals surface area contributed by atoms with Crippen LogP contribution in [0.1, 0.15) is 25.0 Å². The van der Waals surface area contributed by atoms with E-state index < -0.39 is 0 Å². The Morgan fingerprint density at radius 2 is 2.17 bits per heavy atom. The first-order valence-corrected chi connectivity index (χ1v) is 8.66. The molecule has 0 amide bonds. The first-order chi connectivity index (χ1) is 11.0. The number of benzene rings is 1. The molecule has 2 rings (SSSR count). The number of nitrogens with one attached hydrogen (secondary N) is 3. The first kappa shape index (κ1) is 17.8. The lowest BCUT2D eigenvalue weighted by Gasteiger charge is -2.15. The Balaban J connectivity index is 1.96. The Kier molecular flexibility index (Phi) is 6.47. The average Bonchev–Trinajstić information content (AvgIpc) is 2.83. The van der Waals surface area contributed by atoms with E-state index in [9.17, 15) is 0 Å². The Morgan fingerprint density at radius 1 is 1.39 bits per heavy atom. The summed E-state index contributed by atoms with van der Waals surface area (Å²) in [6.07, 6.45) is 1.18. The Labute approximate surface area is 144 Å². The molecule has 0 bridgehead atoms. The van der Waals surface area contributed by atoms with Crippen LogP contribution >= 0.6 is 12.2 Å². The summed E-state index contributed by atoms with van der Waals surface area (Å²) in [6.45, 7) is 7.24. The van der Waals surface area contributed by atoms with E-state index in [0.29, 0.717) is 18.3 Å². The number of thiocarbonyl (C=S) groups is 1. The quantitative estimate of drug-likeness (QED) is 0.633. The maximum absolute atomic E-state index is 5.84. The van der Waals surface area contributed by atoms with E-state index >= 15 is 0 Å². The third-order valence-corrected chi connectivity index (χ3v) is 4.02. The topological polar surface area (TPSA) is 47.0 Å². The highest BCUT2D eigenvalue weighted by molar-refractivity contribution is 7.80. The monoisotopic (exact) mass is 338 g/mol. The van der Waals surface area contributed by atoms with E-state index in [2.05, 4.69) is 43.8 Å². The number of likely N-dealkylation sites (N-methyl/N-ethyl adjacent to an activating group) is 1. The SMILES string of the molecule is CCOc1cc2c(cc1CNC(=S)NCC[NH+](C)C)O[C@@H](C)C2. The number of hydrogen-bond donors (Lipinski definition) is 3. The number of ether oxygens (including phenoxy) is 2. The Morgan fingerprint density at radius 3 is 2.87 bits per heavy atom. The highest BCUT2D eigenvalue weighted by atomic mass is 32.1. The van der Waals surface area contributed by atoms with Gasteiger partial charge in [-0.25, -0.2) is 0 Å². The summed E-state index contributed by atoms with van der Waals surface area (Å²) in [5.74, 6) is 1.88. The van der Waals surface area contributed by atoms with Crippen LogP contribution in [0.3, 0.4) is 0 Å². The lowest BCUT2D eigenvalue weighted by molar-refractivity contribution is -0.856. The van der Waals surface area contributed by atoms with Gasteiger partial charge < -0.3 is 25.0 Å². The molecule has 1 heterocycles. The maximum Gasteiger partial charge on any atom is 0.166 e. The fourth-order valence-corrected chi connectivity index (χ4v) is 2.75. The van der Waals surface area contributed by atoms with E-state index in [-0.39, 0.29) is 6.10 Å². The van der Waals surface area contributed by atoms with Crippen molar-refractivity contribution in [2.75, 3.05) is 33.8 Å². The second-order valence-corrected chi connectivity index (χ2v) is 6.61. The molecule has 3 N–H and O–H groups in total. The van der Waals surface area contributed by atoms with E-state index in [1.807, 2.05) is 6.92 Å². The van der Waals surface area contributed by atoms with Crippen molar-refractivity contribution in [1.82, 2.24) is 10.6 Å². The fraction of sp³-hybridized carbons (Fsp3) is 0.588. The van der Waals surface area contributed by atoms with Gasteiger partial charge in [-0.3, -0.25) is 0 Å². The minimum absolute atomic E-state index is 0.235. The summed E-state index contributed by atoms with van der Waals surface area (Å²) in [5, 5.41) is 7.14. The lowest BCUT2D eigenvalue weighted by atomic mass is 10.1. The number of hydrogen-bond acceptors (Lipinski definition) is 3. The van der Waals surface area contributed by atoms with Gasteiger partial charge in [0.2, 0.25) is 0 Å². The molecule has 1 atom stereocenters. The minimum Gasteiger partial charge on any atom is -0.494 e. The number of rotatable bonds is 7. The van der Waals surface area contributed by atoms with Gasteiger partial charge in [-0.15, -0.1) is 0 Å². The Hall–Kier alpha value is -1.53. The van der Waals surface area contributed by atoms with Crippen LogP contribution in [-0.2, 0) is 13.0 Å². The highest BCUT2D eigenvalue weighted by Gasteiger charge is 2.21. The molecule has 1 aromatic rings. The summed E-state index contributed by atoms with van der Waals surface area (Å²) < 4.78 is 11.6. The molecule has 23 heavy (non-hydrogen) atoms. The van der Waals surface area contributed by atoms with Crippen molar-refractivity contribution in [3.63, 3.8) is 0 Å². The van der Waals surface area contributed by atoms with Gasteiger partial charge in [0.25, 0.3) is 0 Å². The van der Waals surface area contributed by atoms with Crippen molar-refractivity contribution in [3.05, 3.63) is 23.3 Å². The second-order valence-electron chi connectivity index (χ2n) is 6.20. The smallest absolute Gasteiger partial charge is 0.166 e. The van der Waals surface area contributed by atoms with Crippen LogP contribution in [-0.4, -0.2) is 45.0 Å². The van der Waals surface area contributed by atoms with Crippen molar-refractivity contribution < 1.29 is 14.4 Å². The summed E-state index contributed by atoms with van der Waals surface area (Å²) in [6, 6.07) is 4.18. The predicted molar refractivity (Wildman–Crippen MR) is 96.5 cm³/mol. The van der Waals surface area contributed by atoms with Gasteiger partial charge in [0.05, 0.1) is 33.8 Å². The van der Waals surface area contributed by atoms with Crippen LogP contribution in [0.15, 0.2) is 12.1 Å². The molecule has 0 spiro atoms. The van der Waals surface area contributed by atoms with Gasteiger partial charge in [0, 0.05) is 24.1 Å². The molecule has 1 aliphatic rings. The van der Waals surface area contributed by atoms with Crippen molar-refractivity contribution in [3.8, 4) is 11.5 Å². The average molecular weight is 338 g/mol. The van der Waals surface area contributed by atoms with Gasteiger partial charge in [-0.2, -0.15) is 0 Å². The van der Waals surface area contributed by atoms with Crippen LogP contribution < -0.4 is 25.0 Å². The van der Waals surface area contributed by atoms with Crippen molar-refractivity contribution >= 4 is 17.3 Å². The molecule has 5 nitrogen and oxygen atoms in total. The normalized spacial score (nSPS) is 16.0. The third-order valence-electron chi connectivity index (χ3n) is 3.73. The molecule has 0 saturated heterocycles. The van der Waals surface area contributed by atoms with Gasteiger partial charge in [-0.05, 0) is 38.2 Å². The van der Waals surface area contributed by atoms with Gasteiger partial charge in [0.15, 0.2) is 5.11 Å². The Bertz CT molecular complexity index is 549. The molecule has 0 aliphatic carbocycles. The van der Waals surface area contributed by atoms with Crippen LogP contribution in [0.2, 0.25) is 0 Å². The summed E-state index contributed by atoms with van der Waals surface area (Å²) >= 11 is 5.33. The highest BCUT2D eigenvalue weighted by Crippen LogP contribution is 2.35. The molecule has 0 unspecified atom stereocenters. The zero-order chi connectivity index (χ0) is 16.8. The molecule has 0 radical (unpaired) electrons. The first-order valence-electron chi connectivity index (χ1n) is 8.25. The molecule has 0 fully saturated rings. The molecule has 0 saturated carbocycles. The number of quaternary nitrogens is 1. The zero-order valence-electron chi connectivity index (χ0n) is 14.5.